The highest BCUT2D eigenvalue weighted by molar-refractivity contribution is 9.10. The van der Waals surface area contributed by atoms with Crippen LogP contribution < -0.4 is 19.6 Å². The molecule has 10 heteroatoms. The van der Waals surface area contributed by atoms with E-state index < -0.39 is 41.3 Å². The molecule has 0 unspecified atom stereocenters. The van der Waals surface area contributed by atoms with Gasteiger partial charge in [-0.05, 0) is 54.4 Å². The standard InChI is InChI=1S/C26H18BrF3O6/c1-2-15-12-19-21(13-20(15)35-22(31)14-33-17-10-8-16(27)9-11-17)36-25(26(28,29)30)24(23(19)32)34-18-6-4-3-5-7-18/h3-13H,2,14H2,1H3. The van der Waals surface area contributed by atoms with Crippen LogP contribution in [-0.4, -0.2) is 12.6 Å². The summed E-state index contributed by atoms with van der Waals surface area (Å²) in [4.78, 5) is 25.4. The molecule has 0 aliphatic rings. The van der Waals surface area contributed by atoms with Gasteiger partial charge in [-0.2, -0.15) is 13.2 Å². The molecule has 0 aliphatic carbocycles. The predicted molar refractivity (Wildman–Crippen MR) is 129 cm³/mol. The summed E-state index contributed by atoms with van der Waals surface area (Å²) in [7, 11) is 0. The first kappa shape index (κ1) is 25.3. The molecule has 1 aromatic heterocycles. The van der Waals surface area contributed by atoms with Crippen molar-refractivity contribution in [1.82, 2.24) is 0 Å². The topological polar surface area (TPSA) is 75.0 Å². The van der Waals surface area contributed by atoms with Gasteiger partial charge in [-0.3, -0.25) is 4.79 Å². The van der Waals surface area contributed by atoms with Gasteiger partial charge in [0.2, 0.25) is 11.2 Å². The molecule has 0 aliphatic heterocycles. The van der Waals surface area contributed by atoms with Crippen molar-refractivity contribution in [3.05, 3.63) is 92.7 Å². The largest absolute Gasteiger partial charge is 0.482 e. The Morgan fingerprint density at radius 3 is 2.33 bits per heavy atom. The van der Waals surface area contributed by atoms with Gasteiger partial charge in [-0.1, -0.05) is 41.1 Å². The molecular weight excluding hydrogens is 545 g/mol. The van der Waals surface area contributed by atoms with Gasteiger partial charge in [0.25, 0.3) is 5.76 Å². The Hall–Kier alpha value is -3.79. The second kappa shape index (κ2) is 10.4. The van der Waals surface area contributed by atoms with Gasteiger partial charge in [0.1, 0.15) is 22.8 Å². The van der Waals surface area contributed by atoms with Crippen molar-refractivity contribution >= 4 is 32.9 Å². The van der Waals surface area contributed by atoms with Gasteiger partial charge in [-0.25, -0.2) is 4.79 Å². The number of alkyl halides is 3. The van der Waals surface area contributed by atoms with E-state index in [0.717, 1.165) is 10.5 Å². The molecule has 4 aromatic rings. The van der Waals surface area contributed by atoms with E-state index in [9.17, 15) is 22.8 Å². The minimum atomic E-state index is -5.02. The second-order valence-electron chi connectivity index (χ2n) is 7.53. The van der Waals surface area contributed by atoms with Crippen molar-refractivity contribution in [3.8, 4) is 23.0 Å². The lowest BCUT2D eigenvalue weighted by molar-refractivity contribution is -0.154. The number of benzene rings is 3. The minimum Gasteiger partial charge on any atom is -0.482 e. The van der Waals surface area contributed by atoms with Crippen LogP contribution in [0.4, 0.5) is 13.2 Å². The summed E-state index contributed by atoms with van der Waals surface area (Å²) in [6.07, 6.45) is -4.70. The number of hydrogen-bond donors (Lipinski definition) is 0. The van der Waals surface area contributed by atoms with Crippen LogP contribution >= 0.6 is 15.9 Å². The van der Waals surface area contributed by atoms with Crippen molar-refractivity contribution in [1.29, 1.82) is 0 Å². The molecule has 186 valence electrons. The highest BCUT2D eigenvalue weighted by Crippen LogP contribution is 2.39. The van der Waals surface area contributed by atoms with E-state index in [1.807, 2.05) is 0 Å². The Morgan fingerprint density at radius 2 is 1.69 bits per heavy atom. The Balaban J connectivity index is 1.69. The van der Waals surface area contributed by atoms with Gasteiger partial charge >= 0.3 is 12.1 Å². The molecule has 0 amide bonds. The lowest BCUT2D eigenvalue weighted by atomic mass is 10.1. The number of halogens is 4. The summed E-state index contributed by atoms with van der Waals surface area (Å²) in [6.45, 7) is 1.30. The molecule has 0 bridgehead atoms. The summed E-state index contributed by atoms with van der Waals surface area (Å²) < 4.78 is 63.3. The van der Waals surface area contributed by atoms with Crippen LogP contribution in [0.1, 0.15) is 18.2 Å². The molecule has 0 N–H and O–H groups in total. The zero-order valence-corrected chi connectivity index (χ0v) is 20.3. The molecule has 0 fully saturated rings. The summed E-state index contributed by atoms with van der Waals surface area (Å²) in [5, 5.41) is -0.142. The maximum atomic E-state index is 13.8. The van der Waals surface area contributed by atoms with E-state index in [0.29, 0.717) is 17.7 Å². The monoisotopic (exact) mass is 562 g/mol. The molecular formula is C26H18BrF3O6. The molecule has 36 heavy (non-hydrogen) atoms. The second-order valence-corrected chi connectivity index (χ2v) is 8.44. The molecule has 0 radical (unpaired) electrons. The third-order valence-corrected chi connectivity index (χ3v) is 5.56. The number of aryl methyl sites for hydroxylation is 1. The molecule has 4 rings (SSSR count). The fourth-order valence-corrected chi connectivity index (χ4v) is 3.60. The predicted octanol–water partition coefficient (Wildman–Crippen LogP) is 6.91. The lowest BCUT2D eigenvalue weighted by Gasteiger charge is -2.15. The zero-order valence-electron chi connectivity index (χ0n) is 18.7. The van der Waals surface area contributed by atoms with Crippen LogP contribution in [0.25, 0.3) is 11.0 Å². The van der Waals surface area contributed by atoms with Gasteiger partial charge in [-0.15, -0.1) is 0 Å². The molecule has 6 nitrogen and oxygen atoms in total. The van der Waals surface area contributed by atoms with Crippen LogP contribution in [0, 0.1) is 0 Å². The van der Waals surface area contributed by atoms with Crippen molar-refractivity contribution < 1.29 is 36.6 Å². The fraction of sp³-hybridized carbons (Fsp3) is 0.154. The van der Waals surface area contributed by atoms with E-state index in [-0.39, 0.29) is 16.9 Å². The number of rotatable bonds is 7. The van der Waals surface area contributed by atoms with Crippen molar-refractivity contribution in [2.75, 3.05) is 6.61 Å². The molecule has 3 aromatic carbocycles. The highest BCUT2D eigenvalue weighted by Gasteiger charge is 2.40. The van der Waals surface area contributed by atoms with Crippen LogP contribution in [0.3, 0.4) is 0 Å². The van der Waals surface area contributed by atoms with E-state index >= 15 is 0 Å². The number of hydrogen-bond acceptors (Lipinski definition) is 6. The normalized spacial score (nSPS) is 11.4. The first-order valence-corrected chi connectivity index (χ1v) is 11.5. The number of ether oxygens (including phenoxy) is 3. The molecule has 0 saturated carbocycles. The summed E-state index contributed by atoms with van der Waals surface area (Å²) in [6, 6.07) is 16.8. The highest BCUT2D eigenvalue weighted by atomic mass is 79.9. The fourth-order valence-electron chi connectivity index (χ4n) is 3.33. The summed E-state index contributed by atoms with van der Waals surface area (Å²) in [5.41, 5.74) is -0.989. The number of carbonyl (C=O) groups excluding carboxylic acids is 1. The Kier molecular flexibility index (Phi) is 7.35. The van der Waals surface area contributed by atoms with Crippen molar-refractivity contribution in [2.45, 2.75) is 19.5 Å². The van der Waals surface area contributed by atoms with Gasteiger partial charge in [0.05, 0.1) is 5.39 Å². The first-order valence-electron chi connectivity index (χ1n) is 10.7. The van der Waals surface area contributed by atoms with Crippen LogP contribution in [0.15, 0.2) is 80.4 Å². The third kappa shape index (κ3) is 5.71. The minimum absolute atomic E-state index is 0.0394. The average molecular weight is 563 g/mol. The number of esters is 1. The molecule has 0 atom stereocenters. The molecule has 1 heterocycles. The van der Waals surface area contributed by atoms with Crippen LogP contribution in [0.2, 0.25) is 0 Å². The van der Waals surface area contributed by atoms with Gasteiger partial charge in [0, 0.05) is 10.5 Å². The molecule has 0 spiro atoms. The maximum Gasteiger partial charge on any atom is 0.453 e. The summed E-state index contributed by atoms with van der Waals surface area (Å²) in [5.74, 6) is -2.92. The van der Waals surface area contributed by atoms with E-state index in [2.05, 4.69) is 15.9 Å². The van der Waals surface area contributed by atoms with E-state index in [1.54, 1.807) is 49.4 Å². The van der Waals surface area contributed by atoms with Crippen molar-refractivity contribution in [2.24, 2.45) is 0 Å². The zero-order chi connectivity index (χ0) is 25.9. The Morgan fingerprint density at radius 1 is 1.00 bits per heavy atom. The van der Waals surface area contributed by atoms with E-state index in [4.69, 9.17) is 18.6 Å². The third-order valence-electron chi connectivity index (χ3n) is 5.03. The number of para-hydroxylation sites is 1. The number of carbonyl (C=O) groups is 1. The quantitative estimate of drug-likeness (QED) is 0.180. The van der Waals surface area contributed by atoms with Gasteiger partial charge < -0.3 is 18.6 Å². The SMILES string of the molecule is CCc1cc2c(=O)c(Oc3ccccc3)c(C(F)(F)F)oc2cc1OC(=O)COc1ccc(Br)cc1. The summed E-state index contributed by atoms with van der Waals surface area (Å²) >= 11 is 3.29. The Labute approximate surface area is 211 Å². The maximum absolute atomic E-state index is 13.8. The van der Waals surface area contributed by atoms with Crippen molar-refractivity contribution in [3.63, 3.8) is 0 Å². The number of fused-ring (bicyclic) bond motifs is 1. The van der Waals surface area contributed by atoms with Crippen LogP contribution in [0.5, 0.6) is 23.0 Å². The van der Waals surface area contributed by atoms with Crippen LogP contribution in [-0.2, 0) is 17.4 Å². The Bertz CT molecular complexity index is 1450. The average Bonchev–Trinajstić information content (AvgIpc) is 2.85. The van der Waals surface area contributed by atoms with Gasteiger partial charge in [0.15, 0.2) is 6.61 Å². The smallest absolute Gasteiger partial charge is 0.453 e. The molecule has 0 saturated heterocycles. The first-order chi connectivity index (χ1) is 17.2. The lowest BCUT2D eigenvalue weighted by Crippen LogP contribution is -2.19. The van der Waals surface area contributed by atoms with E-state index in [1.165, 1.54) is 18.2 Å².